The summed E-state index contributed by atoms with van der Waals surface area (Å²) >= 11 is 0. The van der Waals surface area contributed by atoms with Crippen LogP contribution >= 0.6 is 0 Å². The Bertz CT molecular complexity index is 384. The molecule has 0 spiro atoms. The summed E-state index contributed by atoms with van der Waals surface area (Å²) in [6.07, 6.45) is 6.99. The van der Waals surface area contributed by atoms with Crippen LogP contribution in [0.15, 0.2) is 30.3 Å². The summed E-state index contributed by atoms with van der Waals surface area (Å²) < 4.78 is 0. The number of likely N-dealkylation sites (N-methyl/N-ethyl adjacent to an activating group) is 2. The second kappa shape index (κ2) is 7.24. The summed E-state index contributed by atoms with van der Waals surface area (Å²) in [5, 5.41) is 3.39. The van der Waals surface area contributed by atoms with E-state index in [2.05, 4.69) is 61.6 Å². The molecule has 2 heteroatoms. The highest BCUT2D eigenvalue weighted by Gasteiger charge is 2.30. The molecular weight excluding hydrogens is 244 g/mol. The maximum Gasteiger partial charge on any atom is 0.0176 e. The first-order valence-electron chi connectivity index (χ1n) is 8.06. The molecule has 20 heavy (non-hydrogen) atoms. The van der Waals surface area contributed by atoms with E-state index in [9.17, 15) is 0 Å². The lowest BCUT2D eigenvalue weighted by Gasteiger charge is -2.39. The molecule has 2 rings (SSSR count). The lowest BCUT2D eigenvalue weighted by molar-refractivity contribution is 0.156. The van der Waals surface area contributed by atoms with Crippen LogP contribution in [0.25, 0.3) is 0 Å². The number of hydrogen-bond donors (Lipinski definition) is 1. The monoisotopic (exact) mass is 274 g/mol. The lowest BCUT2D eigenvalue weighted by Crippen LogP contribution is -2.47. The fourth-order valence-corrected chi connectivity index (χ4v) is 3.68. The third kappa shape index (κ3) is 3.83. The van der Waals surface area contributed by atoms with Crippen LogP contribution in [-0.2, 0) is 5.41 Å². The number of hydrogen-bond acceptors (Lipinski definition) is 2. The normalized spacial score (nSPS) is 20.0. The zero-order chi connectivity index (χ0) is 14.4. The molecule has 1 unspecified atom stereocenters. The first-order chi connectivity index (χ1) is 9.65. The number of benzene rings is 1. The summed E-state index contributed by atoms with van der Waals surface area (Å²) in [5.41, 5.74) is 1.62. The lowest BCUT2D eigenvalue weighted by atomic mass is 9.81. The van der Waals surface area contributed by atoms with E-state index in [4.69, 9.17) is 0 Å². The van der Waals surface area contributed by atoms with Gasteiger partial charge < -0.3 is 10.2 Å². The van der Waals surface area contributed by atoms with Crippen molar-refractivity contribution in [1.29, 1.82) is 0 Å². The van der Waals surface area contributed by atoms with E-state index >= 15 is 0 Å². The minimum absolute atomic E-state index is 0.183. The molecule has 0 radical (unpaired) electrons. The Balaban J connectivity index is 2.08. The molecule has 1 N–H and O–H groups in total. The molecule has 1 aliphatic rings. The minimum Gasteiger partial charge on any atom is -0.319 e. The van der Waals surface area contributed by atoms with Gasteiger partial charge in [-0.2, -0.15) is 0 Å². The molecule has 0 aliphatic heterocycles. The molecule has 1 aliphatic carbocycles. The molecule has 0 aromatic heterocycles. The molecule has 1 aromatic carbocycles. The average Bonchev–Trinajstić information content (AvgIpc) is 2.49. The Hall–Kier alpha value is -0.860. The van der Waals surface area contributed by atoms with Crippen LogP contribution < -0.4 is 5.32 Å². The first kappa shape index (κ1) is 15.5. The van der Waals surface area contributed by atoms with Gasteiger partial charge in [-0.05, 0) is 32.5 Å². The topological polar surface area (TPSA) is 15.3 Å². The average molecular weight is 274 g/mol. The number of nitrogens with zero attached hydrogens (tertiary/aromatic N) is 1. The summed E-state index contributed by atoms with van der Waals surface area (Å²) in [4.78, 5) is 2.60. The standard InChI is InChI=1S/C18H30N2/c1-18(14-19-2,16-10-6-4-7-11-16)15-20(3)17-12-8-5-9-13-17/h4,6-7,10-11,17,19H,5,8-9,12-15H2,1-3H3. The molecule has 1 aromatic rings. The van der Waals surface area contributed by atoms with Crippen molar-refractivity contribution < 1.29 is 0 Å². The van der Waals surface area contributed by atoms with Crippen molar-refractivity contribution in [3.8, 4) is 0 Å². The van der Waals surface area contributed by atoms with Gasteiger partial charge in [-0.25, -0.2) is 0 Å². The fraction of sp³-hybridized carbons (Fsp3) is 0.667. The molecule has 0 bridgehead atoms. The molecular formula is C18H30N2. The number of rotatable bonds is 6. The van der Waals surface area contributed by atoms with E-state index in [1.54, 1.807) is 0 Å². The van der Waals surface area contributed by atoms with Crippen LogP contribution in [0.4, 0.5) is 0 Å². The van der Waals surface area contributed by atoms with Crippen LogP contribution in [0.3, 0.4) is 0 Å². The van der Waals surface area contributed by atoms with Crippen LogP contribution in [0.1, 0.15) is 44.6 Å². The summed E-state index contributed by atoms with van der Waals surface area (Å²) in [6, 6.07) is 11.7. The van der Waals surface area contributed by atoms with Gasteiger partial charge in [0.05, 0.1) is 0 Å². The van der Waals surface area contributed by atoms with Crippen molar-refractivity contribution in [2.75, 3.05) is 27.2 Å². The molecule has 1 saturated carbocycles. The molecule has 1 atom stereocenters. The van der Waals surface area contributed by atoms with E-state index in [0.29, 0.717) is 0 Å². The smallest absolute Gasteiger partial charge is 0.0176 e. The zero-order valence-electron chi connectivity index (χ0n) is 13.4. The van der Waals surface area contributed by atoms with E-state index in [1.165, 1.54) is 37.7 Å². The first-order valence-corrected chi connectivity index (χ1v) is 8.06. The van der Waals surface area contributed by atoms with Crippen LogP contribution in [0, 0.1) is 0 Å². The third-order valence-electron chi connectivity index (χ3n) is 4.83. The van der Waals surface area contributed by atoms with Crippen molar-refractivity contribution in [1.82, 2.24) is 10.2 Å². The molecule has 112 valence electrons. The van der Waals surface area contributed by atoms with Gasteiger partial charge in [0, 0.05) is 24.5 Å². The van der Waals surface area contributed by atoms with Crippen molar-refractivity contribution >= 4 is 0 Å². The quantitative estimate of drug-likeness (QED) is 0.855. The highest BCUT2D eigenvalue weighted by molar-refractivity contribution is 5.25. The van der Waals surface area contributed by atoms with Gasteiger partial charge in [0.15, 0.2) is 0 Å². The third-order valence-corrected chi connectivity index (χ3v) is 4.83. The van der Waals surface area contributed by atoms with Crippen molar-refractivity contribution in [2.45, 2.75) is 50.5 Å². The predicted molar refractivity (Wildman–Crippen MR) is 87.2 cm³/mol. The van der Waals surface area contributed by atoms with Gasteiger partial charge in [0.25, 0.3) is 0 Å². The van der Waals surface area contributed by atoms with E-state index in [0.717, 1.165) is 19.1 Å². The van der Waals surface area contributed by atoms with Crippen LogP contribution in [0.5, 0.6) is 0 Å². The highest BCUT2D eigenvalue weighted by atomic mass is 15.1. The fourth-order valence-electron chi connectivity index (χ4n) is 3.68. The van der Waals surface area contributed by atoms with Gasteiger partial charge in [-0.15, -0.1) is 0 Å². The van der Waals surface area contributed by atoms with Gasteiger partial charge in [-0.1, -0.05) is 56.5 Å². The van der Waals surface area contributed by atoms with Gasteiger partial charge in [-0.3, -0.25) is 0 Å². The van der Waals surface area contributed by atoms with Crippen molar-refractivity contribution in [2.24, 2.45) is 0 Å². The Morgan fingerprint density at radius 3 is 2.40 bits per heavy atom. The maximum absolute atomic E-state index is 3.39. The molecule has 1 fully saturated rings. The van der Waals surface area contributed by atoms with Crippen LogP contribution in [0.2, 0.25) is 0 Å². The predicted octanol–water partition coefficient (Wildman–Crippen LogP) is 3.43. The van der Waals surface area contributed by atoms with Gasteiger partial charge in [0.1, 0.15) is 0 Å². The zero-order valence-corrected chi connectivity index (χ0v) is 13.4. The van der Waals surface area contributed by atoms with Crippen molar-refractivity contribution in [3.05, 3.63) is 35.9 Å². The minimum atomic E-state index is 0.183. The van der Waals surface area contributed by atoms with E-state index < -0.39 is 0 Å². The Kier molecular flexibility index (Phi) is 5.62. The second-order valence-corrected chi connectivity index (χ2v) is 6.66. The maximum atomic E-state index is 3.39. The molecule has 0 saturated heterocycles. The Morgan fingerprint density at radius 1 is 1.15 bits per heavy atom. The second-order valence-electron chi connectivity index (χ2n) is 6.66. The van der Waals surface area contributed by atoms with Gasteiger partial charge >= 0.3 is 0 Å². The molecule has 0 heterocycles. The number of nitrogens with one attached hydrogen (secondary N) is 1. The summed E-state index contributed by atoms with van der Waals surface area (Å²) in [6.45, 7) is 4.54. The summed E-state index contributed by atoms with van der Waals surface area (Å²) in [7, 11) is 4.37. The Labute approximate surface area is 124 Å². The van der Waals surface area contributed by atoms with Gasteiger partial charge in [0.2, 0.25) is 0 Å². The van der Waals surface area contributed by atoms with Crippen molar-refractivity contribution in [3.63, 3.8) is 0 Å². The van der Waals surface area contributed by atoms with E-state index in [-0.39, 0.29) is 5.41 Å². The largest absolute Gasteiger partial charge is 0.319 e. The van der Waals surface area contributed by atoms with Crippen LogP contribution in [-0.4, -0.2) is 38.1 Å². The Morgan fingerprint density at radius 2 is 1.80 bits per heavy atom. The molecule has 0 amide bonds. The summed E-state index contributed by atoms with van der Waals surface area (Å²) in [5.74, 6) is 0. The van der Waals surface area contributed by atoms with E-state index in [1.807, 2.05) is 0 Å². The molecule has 2 nitrogen and oxygen atoms in total. The SMILES string of the molecule is CNCC(C)(CN(C)C1CCCCC1)c1ccccc1. The highest BCUT2D eigenvalue weighted by Crippen LogP contribution is 2.28.